The molecule has 0 saturated carbocycles. The van der Waals surface area contributed by atoms with Crippen LogP contribution in [-0.2, 0) is 27.1 Å². The number of aryl methyl sites for hydroxylation is 2. The highest BCUT2D eigenvalue weighted by Gasteiger charge is 2.20. The van der Waals surface area contributed by atoms with E-state index in [-0.39, 0.29) is 5.91 Å². The topological polar surface area (TPSA) is 67.9 Å². The number of carbonyl (C=O) groups excluding carboxylic acids is 2. The van der Waals surface area contributed by atoms with Crippen molar-refractivity contribution in [2.24, 2.45) is 0 Å². The molecule has 4 rings (SSSR count). The fraction of sp³-hybridized carbons (Fsp3) is 0.417. The van der Waals surface area contributed by atoms with Crippen LogP contribution < -0.4 is 10.2 Å². The number of anilines is 2. The molecular formula is C24H28N2O4. The largest absolute Gasteiger partial charge is 0.449 e. The Morgan fingerprint density at radius 1 is 1.00 bits per heavy atom. The first-order chi connectivity index (χ1) is 14.6. The van der Waals surface area contributed by atoms with E-state index in [1.807, 2.05) is 36.4 Å². The van der Waals surface area contributed by atoms with Gasteiger partial charge in [0.2, 0.25) is 0 Å². The Labute approximate surface area is 177 Å². The van der Waals surface area contributed by atoms with Crippen LogP contribution in [0.15, 0.2) is 42.5 Å². The molecule has 0 aromatic heterocycles. The van der Waals surface area contributed by atoms with E-state index in [0.29, 0.717) is 11.3 Å². The van der Waals surface area contributed by atoms with E-state index in [1.54, 1.807) is 13.0 Å². The molecule has 0 unspecified atom stereocenters. The quantitative estimate of drug-likeness (QED) is 0.766. The molecule has 1 aliphatic carbocycles. The minimum Gasteiger partial charge on any atom is -0.449 e. The van der Waals surface area contributed by atoms with Crippen molar-refractivity contribution in [3.8, 4) is 0 Å². The highest BCUT2D eigenvalue weighted by atomic mass is 16.5. The number of nitrogens with zero attached hydrogens (tertiary/aromatic N) is 1. The average molecular weight is 408 g/mol. The summed E-state index contributed by atoms with van der Waals surface area (Å²) < 4.78 is 10.8. The van der Waals surface area contributed by atoms with Crippen LogP contribution in [0.25, 0.3) is 0 Å². The normalized spacial score (nSPS) is 17.0. The Morgan fingerprint density at radius 3 is 2.43 bits per heavy atom. The minimum absolute atomic E-state index is 0.347. The van der Waals surface area contributed by atoms with Crippen molar-refractivity contribution < 1.29 is 19.1 Å². The first-order valence-electron chi connectivity index (χ1n) is 10.7. The second kappa shape index (κ2) is 9.30. The number of hydrogen-bond donors (Lipinski definition) is 1. The Kier molecular flexibility index (Phi) is 6.33. The number of nitrogens with one attached hydrogen (secondary N) is 1. The van der Waals surface area contributed by atoms with Gasteiger partial charge in [-0.25, -0.2) is 4.79 Å². The van der Waals surface area contributed by atoms with Crippen LogP contribution >= 0.6 is 0 Å². The lowest BCUT2D eigenvalue weighted by molar-refractivity contribution is -0.123. The minimum atomic E-state index is -0.882. The van der Waals surface area contributed by atoms with Gasteiger partial charge in [0.1, 0.15) is 0 Å². The van der Waals surface area contributed by atoms with Gasteiger partial charge in [-0.15, -0.1) is 0 Å². The summed E-state index contributed by atoms with van der Waals surface area (Å²) in [5.74, 6) is -0.811. The predicted octanol–water partition coefficient (Wildman–Crippen LogP) is 3.59. The Morgan fingerprint density at radius 2 is 1.70 bits per heavy atom. The van der Waals surface area contributed by atoms with E-state index in [9.17, 15) is 9.59 Å². The zero-order chi connectivity index (χ0) is 20.9. The number of ether oxygens (including phenoxy) is 2. The maximum absolute atomic E-state index is 12.5. The van der Waals surface area contributed by atoms with E-state index in [4.69, 9.17) is 9.47 Å². The zero-order valence-electron chi connectivity index (χ0n) is 17.4. The summed E-state index contributed by atoms with van der Waals surface area (Å²) in [4.78, 5) is 27.2. The summed E-state index contributed by atoms with van der Waals surface area (Å²) in [5, 5.41) is 2.82. The van der Waals surface area contributed by atoms with E-state index in [2.05, 4.69) is 10.2 Å². The molecule has 158 valence electrons. The molecule has 2 aromatic rings. The van der Waals surface area contributed by atoms with Crippen LogP contribution in [0.3, 0.4) is 0 Å². The second-order valence-corrected chi connectivity index (χ2v) is 7.87. The SMILES string of the molecule is C[C@H](OC(=O)c1ccc2c(c1)CCCC2)C(=O)Nc1ccc(N2CCOCC2)cc1. The third-order valence-electron chi connectivity index (χ3n) is 5.75. The molecule has 1 N–H and O–H groups in total. The molecule has 30 heavy (non-hydrogen) atoms. The average Bonchev–Trinajstić information content (AvgIpc) is 2.79. The highest BCUT2D eigenvalue weighted by Crippen LogP contribution is 2.23. The number of benzene rings is 2. The predicted molar refractivity (Wildman–Crippen MR) is 116 cm³/mol. The van der Waals surface area contributed by atoms with Gasteiger partial charge in [0.15, 0.2) is 6.10 Å². The Bertz CT molecular complexity index is 904. The first kappa shape index (κ1) is 20.4. The Balaban J connectivity index is 1.32. The van der Waals surface area contributed by atoms with Crippen LogP contribution in [0.1, 0.15) is 41.3 Å². The van der Waals surface area contributed by atoms with Crippen molar-refractivity contribution in [2.45, 2.75) is 38.7 Å². The lowest BCUT2D eigenvalue weighted by Gasteiger charge is -2.28. The van der Waals surface area contributed by atoms with Gasteiger partial charge in [-0.2, -0.15) is 0 Å². The molecule has 1 fully saturated rings. The summed E-state index contributed by atoms with van der Waals surface area (Å²) >= 11 is 0. The van der Waals surface area contributed by atoms with Crippen LogP contribution in [0.4, 0.5) is 11.4 Å². The summed E-state index contributed by atoms with van der Waals surface area (Å²) in [6, 6.07) is 13.4. The highest BCUT2D eigenvalue weighted by molar-refractivity contribution is 5.97. The summed E-state index contributed by atoms with van der Waals surface area (Å²) in [5.41, 5.74) is 4.80. The van der Waals surface area contributed by atoms with Gasteiger partial charge < -0.3 is 19.7 Å². The molecule has 0 spiro atoms. The third kappa shape index (κ3) is 4.82. The molecule has 1 aliphatic heterocycles. The van der Waals surface area contributed by atoms with E-state index in [1.165, 1.54) is 17.5 Å². The van der Waals surface area contributed by atoms with Crippen molar-refractivity contribution in [1.82, 2.24) is 0 Å². The standard InChI is InChI=1S/C24H28N2O4/c1-17(30-24(28)20-7-6-18-4-2-3-5-19(18)16-20)23(27)25-21-8-10-22(11-9-21)26-12-14-29-15-13-26/h6-11,16-17H,2-5,12-15H2,1H3,(H,25,27)/t17-/m0/s1. The van der Waals surface area contributed by atoms with Crippen molar-refractivity contribution >= 4 is 23.3 Å². The van der Waals surface area contributed by atoms with E-state index >= 15 is 0 Å². The molecular weight excluding hydrogens is 380 g/mol. The zero-order valence-corrected chi connectivity index (χ0v) is 17.4. The third-order valence-corrected chi connectivity index (χ3v) is 5.75. The van der Waals surface area contributed by atoms with Gasteiger partial charge >= 0.3 is 5.97 Å². The fourth-order valence-corrected chi connectivity index (χ4v) is 3.96. The molecule has 1 atom stereocenters. The van der Waals surface area contributed by atoms with Crippen molar-refractivity contribution in [3.05, 3.63) is 59.2 Å². The molecule has 6 heteroatoms. The van der Waals surface area contributed by atoms with Crippen LogP contribution in [0.2, 0.25) is 0 Å². The van der Waals surface area contributed by atoms with Crippen molar-refractivity contribution in [3.63, 3.8) is 0 Å². The molecule has 0 bridgehead atoms. The van der Waals surface area contributed by atoms with Crippen molar-refractivity contribution in [2.75, 3.05) is 36.5 Å². The molecule has 1 amide bonds. The van der Waals surface area contributed by atoms with Crippen LogP contribution in [-0.4, -0.2) is 44.3 Å². The lowest BCUT2D eigenvalue weighted by atomic mass is 9.90. The molecule has 1 heterocycles. The number of carbonyl (C=O) groups is 2. The van der Waals surface area contributed by atoms with Crippen LogP contribution in [0.5, 0.6) is 0 Å². The molecule has 2 aliphatic rings. The number of amides is 1. The van der Waals surface area contributed by atoms with Crippen LogP contribution in [0, 0.1) is 0 Å². The van der Waals surface area contributed by atoms with Gasteiger partial charge in [0.25, 0.3) is 5.91 Å². The van der Waals surface area contributed by atoms with E-state index in [0.717, 1.165) is 51.3 Å². The van der Waals surface area contributed by atoms with Gasteiger partial charge in [-0.05, 0) is 80.1 Å². The van der Waals surface area contributed by atoms with Gasteiger partial charge in [0, 0.05) is 24.5 Å². The number of esters is 1. The summed E-state index contributed by atoms with van der Waals surface area (Å²) in [6.45, 7) is 4.77. The number of hydrogen-bond acceptors (Lipinski definition) is 5. The van der Waals surface area contributed by atoms with E-state index < -0.39 is 12.1 Å². The van der Waals surface area contributed by atoms with Gasteiger partial charge in [-0.3, -0.25) is 4.79 Å². The molecule has 0 radical (unpaired) electrons. The van der Waals surface area contributed by atoms with Gasteiger partial charge in [0.05, 0.1) is 18.8 Å². The monoisotopic (exact) mass is 408 g/mol. The number of morpholine rings is 1. The lowest BCUT2D eigenvalue weighted by Crippen LogP contribution is -2.36. The number of rotatable bonds is 5. The molecule has 2 aromatic carbocycles. The first-order valence-corrected chi connectivity index (χ1v) is 10.7. The molecule has 6 nitrogen and oxygen atoms in total. The fourth-order valence-electron chi connectivity index (χ4n) is 3.96. The second-order valence-electron chi connectivity index (χ2n) is 7.87. The maximum Gasteiger partial charge on any atom is 0.338 e. The smallest absolute Gasteiger partial charge is 0.338 e. The van der Waals surface area contributed by atoms with Gasteiger partial charge in [-0.1, -0.05) is 6.07 Å². The summed E-state index contributed by atoms with van der Waals surface area (Å²) in [7, 11) is 0. The maximum atomic E-state index is 12.5. The number of fused-ring (bicyclic) bond motifs is 1. The Hall–Kier alpha value is -2.86. The molecule has 1 saturated heterocycles. The summed E-state index contributed by atoms with van der Waals surface area (Å²) in [6.07, 6.45) is 3.52. The van der Waals surface area contributed by atoms with Crippen molar-refractivity contribution in [1.29, 1.82) is 0 Å².